The lowest BCUT2D eigenvalue weighted by Gasteiger charge is -2.20. The number of thioether (sulfide) groups is 2. The van der Waals surface area contributed by atoms with Gasteiger partial charge in [-0.1, -0.05) is 53.6 Å². The summed E-state index contributed by atoms with van der Waals surface area (Å²) in [6, 6.07) is 21.8. The predicted molar refractivity (Wildman–Crippen MR) is 156 cm³/mol. The molecule has 7 nitrogen and oxygen atoms in total. The molecule has 5 rings (SSSR count). The van der Waals surface area contributed by atoms with E-state index in [0.29, 0.717) is 33.9 Å². The number of nitrogens with one attached hydrogen (secondary N) is 1. The van der Waals surface area contributed by atoms with Crippen LogP contribution in [0.15, 0.2) is 87.3 Å². The van der Waals surface area contributed by atoms with Crippen LogP contribution in [0.3, 0.4) is 0 Å². The van der Waals surface area contributed by atoms with Crippen molar-refractivity contribution in [2.75, 3.05) is 19.5 Å². The van der Waals surface area contributed by atoms with Crippen LogP contribution in [0.25, 0.3) is 6.08 Å². The number of aliphatic imine (C=N–C) groups is 1. The van der Waals surface area contributed by atoms with Gasteiger partial charge in [-0.25, -0.2) is 0 Å². The highest BCUT2D eigenvalue weighted by atomic mass is 32.2. The van der Waals surface area contributed by atoms with Crippen LogP contribution in [0.4, 0.5) is 0 Å². The molecule has 0 fully saturated rings. The van der Waals surface area contributed by atoms with E-state index in [2.05, 4.69) is 41.3 Å². The molecule has 0 aromatic heterocycles. The maximum atomic E-state index is 12.8. The molecule has 0 unspecified atom stereocenters. The highest BCUT2D eigenvalue weighted by Gasteiger charge is 2.36. The van der Waals surface area contributed by atoms with Gasteiger partial charge in [0.25, 0.3) is 5.91 Å². The molecule has 0 bridgehead atoms. The van der Waals surface area contributed by atoms with E-state index in [-0.39, 0.29) is 11.4 Å². The Labute approximate surface area is 230 Å². The second-order valence-electron chi connectivity index (χ2n) is 8.71. The number of methoxy groups -OCH3 is 1. The minimum absolute atomic E-state index is 0.0120. The van der Waals surface area contributed by atoms with Gasteiger partial charge in [-0.2, -0.15) is 15.1 Å². The van der Waals surface area contributed by atoms with E-state index < -0.39 is 5.91 Å². The van der Waals surface area contributed by atoms with Crippen LogP contribution in [-0.2, 0) is 4.79 Å². The average molecular weight is 543 g/mol. The zero-order valence-electron chi connectivity index (χ0n) is 21.2. The summed E-state index contributed by atoms with van der Waals surface area (Å²) < 4.78 is 11.5. The van der Waals surface area contributed by atoms with Gasteiger partial charge in [0.1, 0.15) is 5.04 Å². The molecule has 0 saturated heterocycles. The summed E-state index contributed by atoms with van der Waals surface area (Å²) in [7, 11) is 1.58. The lowest BCUT2D eigenvalue weighted by molar-refractivity contribution is -0.114. The standard InChI is InChI=1S/C29H26N4O3S2/c1-18-4-9-21(10-5-18)28-32-33-26(30)23(27(34)31-29(33)38-28)16-20-8-13-24(25(17-20)35-3)36-14-15-37-22-11-6-19(2)7-12-22/h4-13,16-17,30H,14-15H2,1-3H3/b23-16-,30-26?. The minimum atomic E-state index is -0.471. The van der Waals surface area contributed by atoms with E-state index in [4.69, 9.17) is 14.9 Å². The van der Waals surface area contributed by atoms with Crippen molar-refractivity contribution >= 4 is 51.6 Å². The van der Waals surface area contributed by atoms with E-state index >= 15 is 0 Å². The Bertz CT molecular complexity index is 1480. The summed E-state index contributed by atoms with van der Waals surface area (Å²) in [4.78, 5) is 18.2. The number of amidine groups is 2. The number of fused-ring (bicyclic) bond motifs is 1. The Morgan fingerprint density at radius 3 is 2.42 bits per heavy atom. The Morgan fingerprint density at radius 2 is 1.71 bits per heavy atom. The molecular formula is C29H26N4O3S2. The second kappa shape index (κ2) is 11.3. The summed E-state index contributed by atoms with van der Waals surface area (Å²) in [5, 5.41) is 15.7. The fourth-order valence-corrected chi connectivity index (χ4v) is 5.44. The molecule has 3 aromatic rings. The van der Waals surface area contributed by atoms with Crippen molar-refractivity contribution < 1.29 is 14.3 Å². The van der Waals surface area contributed by atoms with Crippen molar-refractivity contribution in [3.63, 3.8) is 0 Å². The molecule has 192 valence electrons. The van der Waals surface area contributed by atoms with Crippen LogP contribution in [-0.4, -0.2) is 46.4 Å². The van der Waals surface area contributed by atoms with Gasteiger partial charge < -0.3 is 9.47 Å². The molecule has 0 atom stereocenters. The first-order chi connectivity index (χ1) is 18.4. The number of hydrogen-bond donors (Lipinski definition) is 1. The number of hydrazone groups is 1. The molecule has 0 saturated carbocycles. The van der Waals surface area contributed by atoms with Crippen molar-refractivity contribution in [3.05, 3.63) is 94.6 Å². The second-order valence-corrected chi connectivity index (χ2v) is 10.8. The van der Waals surface area contributed by atoms with Crippen LogP contribution in [0.2, 0.25) is 0 Å². The summed E-state index contributed by atoms with van der Waals surface area (Å²) in [6.45, 7) is 4.61. The number of aryl methyl sites for hydroxylation is 2. The van der Waals surface area contributed by atoms with Crippen LogP contribution in [0.1, 0.15) is 22.3 Å². The number of rotatable bonds is 8. The smallest absolute Gasteiger partial charge is 0.283 e. The van der Waals surface area contributed by atoms with E-state index in [1.807, 2.05) is 43.3 Å². The van der Waals surface area contributed by atoms with E-state index in [9.17, 15) is 4.79 Å². The molecule has 3 aromatic carbocycles. The number of carbonyl (C=O) groups is 1. The quantitative estimate of drug-likeness (QED) is 0.209. The Morgan fingerprint density at radius 1 is 1.00 bits per heavy atom. The SMILES string of the molecule is COc1cc(/C=C2/C(=N)N3N=C(c4ccc(C)cc4)SC3=NC2=O)ccc1OCCSc1ccc(C)cc1. The first kappa shape index (κ1) is 25.8. The number of amides is 1. The fourth-order valence-electron chi connectivity index (χ4n) is 3.81. The molecular weight excluding hydrogens is 516 g/mol. The molecule has 2 aliphatic heterocycles. The first-order valence-corrected chi connectivity index (χ1v) is 13.8. The van der Waals surface area contributed by atoms with Crippen molar-refractivity contribution in [1.82, 2.24) is 5.01 Å². The summed E-state index contributed by atoms with van der Waals surface area (Å²) >= 11 is 3.01. The average Bonchev–Trinajstić information content (AvgIpc) is 3.35. The molecule has 9 heteroatoms. The first-order valence-electron chi connectivity index (χ1n) is 12.0. The van der Waals surface area contributed by atoms with Gasteiger partial charge in [0.15, 0.2) is 17.3 Å². The van der Waals surface area contributed by atoms with Crippen LogP contribution >= 0.6 is 23.5 Å². The molecule has 1 N–H and O–H groups in total. The Kier molecular flexibility index (Phi) is 7.67. The van der Waals surface area contributed by atoms with Crippen molar-refractivity contribution in [3.8, 4) is 11.5 Å². The van der Waals surface area contributed by atoms with Gasteiger partial charge >= 0.3 is 0 Å². The highest BCUT2D eigenvalue weighted by molar-refractivity contribution is 8.27. The summed E-state index contributed by atoms with van der Waals surface area (Å²) in [5.41, 5.74) is 4.16. The van der Waals surface area contributed by atoms with E-state index in [0.717, 1.165) is 16.9 Å². The third kappa shape index (κ3) is 5.69. The molecule has 2 heterocycles. The normalized spacial score (nSPS) is 15.9. The van der Waals surface area contributed by atoms with Gasteiger partial charge in [0.2, 0.25) is 5.17 Å². The van der Waals surface area contributed by atoms with Gasteiger partial charge in [-0.05, 0) is 61.5 Å². The number of carbonyl (C=O) groups excluding carboxylic acids is 1. The van der Waals surface area contributed by atoms with E-state index in [1.54, 1.807) is 31.0 Å². The number of nitrogens with zero attached hydrogens (tertiary/aromatic N) is 3. The summed E-state index contributed by atoms with van der Waals surface area (Å²) in [5.74, 6) is 1.48. The molecule has 0 spiro atoms. The van der Waals surface area contributed by atoms with Crippen LogP contribution in [0.5, 0.6) is 11.5 Å². The van der Waals surface area contributed by atoms with Gasteiger partial charge in [-0.3, -0.25) is 10.2 Å². The van der Waals surface area contributed by atoms with Gasteiger partial charge in [0, 0.05) is 16.2 Å². The lowest BCUT2D eigenvalue weighted by atomic mass is 10.1. The Hall–Kier alpha value is -3.82. The van der Waals surface area contributed by atoms with Crippen LogP contribution in [0, 0.1) is 19.3 Å². The predicted octanol–water partition coefficient (Wildman–Crippen LogP) is 6.15. The summed E-state index contributed by atoms with van der Waals surface area (Å²) in [6.07, 6.45) is 1.63. The Balaban J connectivity index is 1.28. The number of ether oxygens (including phenoxy) is 2. The third-order valence-corrected chi connectivity index (χ3v) is 7.82. The molecule has 0 radical (unpaired) electrons. The zero-order valence-corrected chi connectivity index (χ0v) is 22.9. The number of benzene rings is 3. The van der Waals surface area contributed by atoms with E-state index in [1.165, 1.54) is 27.2 Å². The van der Waals surface area contributed by atoms with Gasteiger partial charge in [-0.15, -0.1) is 11.8 Å². The minimum Gasteiger partial charge on any atom is -0.493 e. The maximum absolute atomic E-state index is 12.8. The fraction of sp³-hybridized carbons (Fsp3) is 0.172. The van der Waals surface area contributed by atoms with Crippen molar-refractivity contribution in [1.29, 1.82) is 5.41 Å². The van der Waals surface area contributed by atoms with Crippen molar-refractivity contribution in [2.24, 2.45) is 10.1 Å². The topological polar surface area (TPSA) is 87.3 Å². The zero-order chi connectivity index (χ0) is 26.6. The third-order valence-electron chi connectivity index (χ3n) is 5.88. The number of hydrogen-bond acceptors (Lipinski definition) is 7. The molecule has 1 amide bonds. The van der Waals surface area contributed by atoms with Crippen molar-refractivity contribution in [2.45, 2.75) is 18.7 Å². The lowest BCUT2D eigenvalue weighted by Crippen LogP contribution is -2.35. The maximum Gasteiger partial charge on any atom is 0.283 e. The molecule has 38 heavy (non-hydrogen) atoms. The highest BCUT2D eigenvalue weighted by Crippen LogP contribution is 2.33. The van der Waals surface area contributed by atoms with Gasteiger partial charge in [0.05, 0.1) is 19.3 Å². The molecule has 2 aliphatic rings. The monoisotopic (exact) mass is 542 g/mol. The largest absolute Gasteiger partial charge is 0.493 e. The molecule has 0 aliphatic carbocycles. The van der Waals surface area contributed by atoms with Crippen LogP contribution < -0.4 is 9.47 Å².